The molecule has 0 heterocycles. The van der Waals surface area contributed by atoms with Crippen LogP contribution in [0.1, 0.15) is 62.2 Å². The number of Topliss-reactive ketones (excluding diaryl/α,β-unsaturated/α-hetero) is 1. The Labute approximate surface area is 131 Å². The molecule has 110 valence electrons. The van der Waals surface area contributed by atoms with Gasteiger partial charge in [0.1, 0.15) is 0 Å². The quantitative estimate of drug-likeness (QED) is 0.594. The Kier molecular flexibility index (Phi) is 5.92. The molecule has 2 rings (SSSR count). The summed E-state index contributed by atoms with van der Waals surface area (Å²) in [4.78, 5) is 12.6. The largest absolute Gasteiger partial charge is 0.294 e. The zero-order chi connectivity index (χ0) is 14.5. The summed E-state index contributed by atoms with van der Waals surface area (Å²) >= 11 is 12.1. The summed E-state index contributed by atoms with van der Waals surface area (Å²) in [6, 6.07) is 5.32. The highest BCUT2D eigenvalue weighted by atomic mass is 35.5. The lowest BCUT2D eigenvalue weighted by atomic mass is 9.77. The first-order valence-electron chi connectivity index (χ1n) is 7.61. The van der Waals surface area contributed by atoms with Gasteiger partial charge in [0.15, 0.2) is 5.78 Å². The SMILES string of the molecule is CCCCC1CCC(C(=O)c2cccc(Cl)c2Cl)CC1. The molecule has 0 spiro atoms. The molecule has 1 saturated carbocycles. The maximum atomic E-state index is 12.6. The number of benzene rings is 1. The van der Waals surface area contributed by atoms with Gasteiger partial charge in [-0.1, -0.05) is 55.5 Å². The first-order chi connectivity index (χ1) is 9.63. The Bertz CT molecular complexity index is 462. The van der Waals surface area contributed by atoms with Gasteiger partial charge in [0, 0.05) is 11.5 Å². The van der Waals surface area contributed by atoms with Crippen molar-refractivity contribution >= 4 is 29.0 Å². The van der Waals surface area contributed by atoms with Crippen molar-refractivity contribution in [3.63, 3.8) is 0 Å². The molecular formula is C17H22Cl2O. The van der Waals surface area contributed by atoms with Crippen LogP contribution < -0.4 is 0 Å². The van der Waals surface area contributed by atoms with E-state index in [0.717, 1.165) is 18.8 Å². The third-order valence-electron chi connectivity index (χ3n) is 4.40. The van der Waals surface area contributed by atoms with Crippen molar-refractivity contribution in [2.24, 2.45) is 11.8 Å². The number of carbonyl (C=O) groups is 1. The fourth-order valence-corrected chi connectivity index (χ4v) is 3.51. The van der Waals surface area contributed by atoms with Gasteiger partial charge in [0.2, 0.25) is 0 Å². The predicted octanol–water partition coefficient (Wildman–Crippen LogP) is 6.17. The van der Waals surface area contributed by atoms with Crippen LogP contribution in [-0.4, -0.2) is 5.78 Å². The smallest absolute Gasteiger partial charge is 0.167 e. The summed E-state index contributed by atoms with van der Waals surface area (Å²) in [6.45, 7) is 2.23. The maximum absolute atomic E-state index is 12.6. The zero-order valence-corrected chi connectivity index (χ0v) is 13.5. The fourth-order valence-electron chi connectivity index (χ4n) is 3.12. The summed E-state index contributed by atoms with van der Waals surface area (Å²) in [7, 11) is 0. The fraction of sp³-hybridized carbons (Fsp3) is 0.588. The van der Waals surface area contributed by atoms with E-state index < -0.39 is 0 Å². The summed E-state index contributed by atoms with van der Waals surface area (Å²) in [5.74, 6) is 1.11. The van der Waals surface area contributed by atoms with Crippen LogP contribution in [0, 0.1) is 11.8 Å². The molecule has 0 N–H and O–H groups in total. The van der Waals surface area contributed by atoms with E-state index >= 15 is 0 Å². The minimum absolute atomic E-state index is 0.129. The highest BCUT2D eigenvalue weighted by molar-refractivity contribution is 6.43. The Hall–Kier alpha value is -0.530. The first-order valence-corrected chi connectivity index (χ1v) is 8.37. The van der Waals surface area contributed by atoms with Gasteiger partial charge in [-0.3, -0.25) is 4.79 Å². The molecule has 1 aromatic rings. The first kappa shape index (κ1) is 15.9. The Morgan fingerprint density at radius 1 is 1.20 bits per heavy atom. The monoisotopic (exact) mass is 312 g/mol. The Balaban J connectivity index is 1.96. The molecule has 1 aliphatic carbocycles. The Morgan fingerprint density at radius 3 is 2.55 bits per heavy atom. The van der Waals surface area contributed by atoms with Crippen LogP contribution in [0.3, 0.4) is 0 Å². The highest BCUT2D eigenvalue weighted by Crippen LogP contribution is 2.35. The predicted molar refractivity (Wildman–Crippen MR) is 85.8 cm³/mol. The van der Waals surface area contributed by atoms with Crippen molar-refractivity contribution in [2.75, 3.05) is 0 Å². The molecule has 20 heavy (non-hydrogen) atoms. The normalized spacial score (nSPS) is 22.8. The molecule has 0 unspecified atom stereocenters. The van der Waals surface area contributed by atoms with Crippen molar-refractivity contribution in [3.8, 4) is 0 Å². The van der Waals surface area contributed by atoms with E-state index in [-0.39, 0.29) is 11.7 Å². The number of hydrogen-bond donors (Lipinski definition) is 0. The van der Waals surface area contributed by atoms with Gasteiger partial charge in [-0.2, -0.15) is 0 Å². The number of ketones is 1. The summed E-state index contributed by atoms with van der Waals surface area (Å²) in [6.07, 6.45) is 8.23. The molecule has 0 aliphatic heterocycles. The molecule has 0 aromatic heterocycles. The van der Waals surface area contributed by atoms with Crippen LogP contribution in [0.2, 0.25) is 10.0 Å². The molecule has 0 bridgehead atoms. The van der Waals surface area contributed by atoms with Gasteiger partial charge >= 0.3 is 0 Å². The number of rotatable bonds is 5. The van der Waals surface area contributed by atoms with Gasteiger partial charge < -0.3 is 0 Å². The van der Waals surface area contributed by atoms with Gasteiger partial charge in [-0.25, -0.2) is 0 Å². The van der Waals surface area contributed by atoms with E-state index in [4.69, 9.17) is 23.2 Å². The standard InChI is InChI=1S/C17H22Cl2O/c1-2-3-5-12-8-10-13(11-9-12)17(20)14-6-4-7-15(18)16(14)19/h4,6-7,12-13H,2-3,5,8-11H2,1H3. The van der Waals surface area contributed by atoms with Crippen LogP contribution in [0.25, 0.3) is 0 Å². The summed E-state index contributed by atoms with van der Waals surface area (Å²) in [5.41, 5.74) is 0.594. The van der Waals surface area contributed by atoms with Crippen LogP contribution in [0.4, 0.5) is 0 Å². The Morgan fingerprint density at radius 2 is 1.90 bits per heavy atom. The van der Waals surface area contributed by atoms with E-state index in [1.165, 1.54) is 32.1 Å². The average Bonchev–Trinajstić information content (AvgIpc) is 2.48. The molecule has 3 heteroatoms. The van der Waals surface area contributed by atoms with Gasteiger partial charge in [0.05, 0.1) is 10.0 Å². The van der Waals surface area contributed by atoms with E-state index in [0.29, 0.717) is 15.6 Å². The molecule has 1 fully saturated rings. The minimum atomic E-state index is 0.129. The van der Waals surface area contributed by atoms with E-state index in [2.05, 4.69) is 6.92 Å². The second kappa shape index (κ2) is 7.47. The number of halogens is 2. The van der Waals surface area contributed by atoms with Crippen molar-refractivity contribution in [2.45, 2.75) is 51.9 Å². The van der Waals surface area contributed by atoms with E-state index in [1.54, 1.807) is 18.2 Å². The molecule has 0 amide bonds. The van der Waals surface area contributed by atoms with E-state index in [9.17, 15) is 4.79 Å². The minimum Gasteiger partial charge on any atom is -0.294 e. The molecular weight excluding hydrogens is 291 g/mol. The molecule has 0 radical (unpaired) electrons. The lowest BCUT2D eigenvalue weighted by molar-refractivity contribution is 0.0869. The second-order valence-electron chi connectivity index (χ2n) is 5.83. The zero-order valence-electron chi connectivity index (χ0n) is 12.0. The maximum Gasteiger partial charge on any atom is 0.167 e. The number of carbonyl (C=O) groups excluding carboxylic acids is 1. The topological polar surface area (TPSA) is 17.1 Å². The van der Waals surface area contributed by atoms with Gasteiger partial charge in [-0.15, -0.1) is 0 Å². The van der Waals surface area contributed by atoms with Crippen molar-refractivity contribution in [1.82, 2.24) is 0 Å². The summed E-state index contributed by atoms with van der Waals surface area (Å²) in [5, 5.41) is 0.876. The van der Waals surface area contributed by atoms with E-state index in [1.807, 2.05) is 0 Å². The molecule has 1 nitrogen and oxygen atoms in total. The molecule has 0 saturated heterocycles. The van der Waals surface area contributed by atoms with Gasteiger partial charge in [0.25, 0.3) is 0 Å². The van der Waals surface area contributed by atoms with Gasteiger partial charge in [-0.05, 0) is 43.7 Å². The number of hydrogen-bond acceptors (Lipinski definition) is 1. The summed E-state index contributed by atoms with van der Waals surface area (Å²) < 4.78 is 0. The van der Waals surface area contributed by atoms with Crippen LogP contribution >= 0.6 is 23.2 Å². The highest BCUT2D eigenvalue weighted by Gasteiger charge is 2.28. The molecule has 1 aromatic carbocycles. The number of unbranched alkanes of at least 4 members (excludes halogenated alkanes) is 1. The third kappa shape index (κ3) is 3.77. The molecule has 0 atom stereocenters. The van der Waals surface area contributed by atoms with Crippen molar-refractivity contribution in [1.29, 1.82) is 0 Å². The lowest BCUT2D eigenvalue weighted by Gasteiger charge is -2.27. The molecule has 1 aliphatic rings. The van der Waals surface area contributed by atoms with Crippen LogP contribution in [-0.2, 0) is 0 Å². The third-order valence-corrected chi connectivity index (χ3v) is 5.22. The average molecular weight is 313 g/mol. The van der Waals surface area contributed by atoms with Crippen molar-refractivity contribution < 1.29 is 4.79 Å². The van der Waals surface area contributed by atoms with Crippen LogP contribution in [0.5, 0.6) is 0 Å². The van der Waals surface area contributed by atoms with Crippen LogP contribution in [0.15, 0.2) is 18.2 Å². The lowest BCUT2D eigenvalue weighted by Crippen LogP contribution is -2.22. The second-order valence-corrected chi connectivity index (χ2v) is 6.61. The van der Waals surface area contributed by atoms with Crippen molar-refractivity contribution in [3.05, 3.63) is 33.8 Å².